The van der Waals surface area contributed by atoms with Gasteiger partial charge in [-0.3, -0.25) is 0 Å². The highest BCUT2D eigenvalue weighted by molar-refractivity contribution is 7.80. The lowest BCUT2D eigenvalue weighted by molar-refractivity contribution is -0.136. The van der Waals surface area contributed by atoms with Crippen molar-refractivity contribution >= 4 is 28.7 Å². The molecule has 0 bridgehead atoms. The Morgan fingerprint density at radius 2 is 1.64 bits per heavy atom. The number of halogens is 4. The maximum atomic E-state index is 13.7. The van der Waals surface area contributed by atoms with E-state index in [-0.39, 0.29) is 16.5 Å². The first kappa shape index (κ1) is 16.2. The molecule has 0 aromatic heterocycles. The topological polar surface area (TPSA) is 24.1 Å². The average molecular weight is 328 g/mol. The fraction of sp³-hybridized carbons (Fsp3) is 0.133. The third kappa shape index (κ3) is 3.94. The number of anilines is 2. The lowest BCUT2D eigenvalue weighted by atomic mass is 10.1. The Morgan fingerprint density at radius 3 is 2.27 bits per heavy atom. The molecule has 0 spiro atoms. The summed E-state index contributed by atoms with van der Waals surface area (Å²) in [4.78, 5) is 0. The maximum absolute atomic E-state index is 13.7. The second-order valence-corrected chi connectivity index (χ2v) is 5.01. The van der Waals surface area contributed by atoms with E-state index in [0.29, 0.717) is 0 Å². The number of hydrogen-bond donors (Lipinski definition) is 2. The summed E-state index contributed by atoms with van der Waals surface area (Å²) >= 11 is 4.94. The minimum Gasteiger partial charge on any atom is -0.332 e. The molecule has 2 nitrogen and oxygen atoms in total. The fourth-order valence-corrected chi connectivity index (χ4v) is 2.06. The molecule has 2 rings (SSSR count). The van der Waals surface area contributed by atoms with Gasteiger partial charge in [0, 0.05) is 0 Å². The van der Waals surface area contributed by atoms with Gasteiger partial charge in [0.05, 0.1) is 16.9 Å². The predicted octanol–water partition coefficient (Wildman–Crippen LogP) is 4.96. The quantitative estimate of drug-likeness (QED) is 0.602. The lowest BCUT2D eigenvalue weighted by Gasteiger charge is -2.16. The minimum absolute atomic E-state index is 0.0904. The van der Waals surface area contributed by atoms with Crippen LogP contribution in [-0.2, 0) is 6.18 Å². The Labute approximate surface area is 130 Å². The largest absolute Gasteiger partial charge is 0.418 e. The van der Waals surface area contributed by atoms with Crippen molar-refractivity contribution in [3.8, 4) is 0 Å². The molecule has 0 heterocycles. The van der Waals surface area contributed by atoms with Crippen LogP contribution in [0, 0.1) is 12.7 Å². The lowest BCUT2D eigenvalue weighted by Crippen LogP contribution is -2.22. The highest BCUT2D eigenvalue weighted by atomic mass is 32.1. The molecule has 0 saturated heterocycles. The molecule has 0 aliphatic carbocycles. The number of rotatable bonds is 2. The summed E-state index contributed by atoms with van der Waals surface area (Å²) in [5, 5.41) is 4.86. The Morgan fingerprint density at radius 1 is 1.00 bits per heavy atom. The minimum atomic E-state index is -4.51. The van der Waals surface area contributed by atoms with Crippen LogP contribution in [0.15, 0.2) is 42.5 Å². The van der Waals surface area contributed by atoms with Gasteiger partial charge in [-0.1, -0.05) is 18.2 Å². The number of nitrogens with one attached hydrogen (secondary N) is 2. The second-order valence-electron chi connectivity index (χ2n) is 4.61. The number of thiocarbonyl (C=S) groups is 1. The highest BCUT2D eigenvalue weighted by Gasteiger charge is 2.33. The van der Waals surface area contributed by atoms with Crippen molar-refractivity contribution in [2.45, 2.75) is 13.1 Å². The molecule has 0 aliphatic rings. The van der Waals surface area contributed by atoms with Crippen LogP contribution in [0.25, 0.3) is 0 Å². The molecule has 2 N–H and O–H groups in total. The van der Waals surface area contributed by atoms with Crippen LogP contribution >= 0.6 is 12.2 Å². The van der Waals surface area contributed by atoms with Crippen LogP contribution in [0.4, 0.5) is 28.9 Å². The van der Waals surface area contributed by atoms with Crippen molar-refractivity contribution in [3.05, 3.63) is 59.4 Å². The van der Waals surface area contributed by atoms with Gasteiger partial charge in [-0.05, 0) is 49.0 Å². The smallest absolute Gasteiger partial charge is 0.332 e. The first-order chi connectivity index (χ1) is 10.3. The molecular weight excluding hydrogens is 316 g/mol. The van der Waals surface area contributed by atoms with E-state index in [1.54, 1.807) is 13.0 Å². The Bertz CT molecular complexity index is 698. The van der Waals surface area contributed by atoms with Crippen LogP contribution in [0.5, 0.6) is 0 Å². The number of alkyl halides is 3. The maximum Gasteiger partial charge on any atom is 0.418 e. The molecule has 116 valence electrons. The van der Waals surface area contributed by atoms with E-state index in [9.17, 15) is 17.6 Å². The summed E-state index contributed by atoms with van der Waals surface area (Å²) in [6.07, 6.45) is -4.51. The average Bonchev–Trinajstić information content (AvgIpc) is 2.41. The highest BCUT2D eigenvalue weighted by Crippen LogP contribution is 2.34. The van der Waals surface area contributed by atoms with Gasteiger partial charge in [-0.25, -0.2) is 4.39 Å². The summed E-state index contributed by atoms with van der Waals surface area (Å²) in [5.41, 5.74) is -0.222. The van der Waals surface area contributed by atoms with Crippen molar-refractivity contribution in [1.29, 1.82) is 0 Å². The molecule has 7 heteroatoms. The van der Waals surface area contributed by atoms with E-state index in [2.05, 4.69) is 10.6 Å². The molecule has 2 aromatic carbocycles. The molecule has 0 unspecified atom stereocenters. The predicted molar refractivity (Wildman–Crippen MR) is 82.4 cm³/mol. The van der Waals surface area contributed by atoms with Crippen LogP contribution in [-0.4, -0.2) is 5.11 Å². The first-order valence-electron chi connectivity index (χ1n) is 6.28. The zero-order chi connectivity index (χ0) is 16.3. The molecule has 0 aliphatic heterocycles. The van der Waals surface area contributed by atoms with E-state index in [4.69, 9.17) is 12.2 Å². The number of benzene rings is 2. The van der Waals surface area contributed by atoms with Gasteiger partial charge in [0.25, 0.3) is 0 Å². The van der Waals surface area contributed by atoms with E-state index >= 15 is 0 Å². The van der Waals surface area contributed by atoms with Gasteiger partial charge >= 0.3 is 6.18 Å². The SMILES string of the molecule is Cc1ccc(NC(=S)Nc2ccccc2C(F)(F)F)c(F)c1. The summed E-state index contributed by atoms with van der Waals surface area (Å²) in [5.74, 6) is -0.534. The summed E-state index contributed by atoms with van der Waals surface area (Å²) in [6.45, 7) is 1.73. The number of para-hydroxylation sites is 1. The normalized spacial score (nSPS) is 11.1. The Hall–Kier alpha value is -2.15. The molecule has 0 atom stereocenters. The first-order valence-corrected chi connectivity index (χ1v) is 6.68. The summed E-state index contributed by atoms with van der Waals surface area (Å²) in [6, 6.07) is 9.36. The van der Waals surface area contributed by atoms with Gasteiger partial charge in [0.1, 0.15) is 5.82 Å². The van der Waals surface area contributed by atoms with E-state index in [1.165, 1.54) is 30.3 Å². The van der Waals surface area contributed by atoms with Crippen molar-refractivity contribution in [3.63, 3.8) is 0 Å². The molecule has 0 fully saturated rings. The van der Waals surface area contributed by atoms with E-state index in [1.807, 2.05) is 0 Å². The third-order valence-electron chi connectivity index (χ3n) is 2.85. The Kier molecular flexibility index (Phi) is 4.65. The van der Waals surface area contributed by atoms with Crippen LogP contribution in [0.3, 0.4) is 0 Å². The van der Waals surface area contributed by atoms with Gasteiger partial charge < -0.3 is 10.6 Å². The molecule has 0 amide bonds. The molecular formula is C15H12F4N2S. The second kappa shape index (κ2) is 6.31. The van der Waals surface area contributed by atoms with E-state index in [0.717, 1.165) is 11.6 Å². The number of aryl methyl sites for hydroxylation is 1. The van der Waals surface area contributed by atoms with Gasteiger partial charge in [0.2, 0.25) is 0 Å². The van der Waals surface area contributed by atoms with Gasteiger partial charge in [0.15, 0.2) is 5.11 Å². The van der Waals surface area contributed by atoms with Gasteiger partial charge in [-0.15, -0.1) is 0 Å². The van der Waals surface area contributed by atoms with Crippen molar-refractivity contribution in [2.75, 3.05) is 10.6 Å². The van der Waals surface area contributed by atoms with Crippen molar-refractivity contribution in [1.82, 2.24) is 0 Å². The molecule has 22 heavy (non-hydrogen) atoms. The third-order valence-corrected chi connectivity index (χ3v) is 3.06. The van der Waals surface area contributed by atoms with E-state index < -0.39 is 17.6 Å². The van der Waals surface area contributed by atoms with Crippen molar-refractivity contribution in [2.24, 2.45) is 0 Å². The van der Waals surface area contributed by atoms with Gasteiger partial charge in [-0.2, -0.15) is 13.2 Å². The van der Waals surface area contributed by atoms with Crippen molar-refractivity contribution < 1.29 is 17.6 Å². The molecule has 0 saturated carbocycles. The fourth-order valence-electron chi connectivity index (χ4n) is 1.84. The van der Waals surface area contributed by atoms with Crippen LogP contribution in [0.1, 0.15) is 11.1 Å². The standard InChI is InChI=1S/C15H12F4N2S/c1-9-6-7-13(11(16)8-9)21-14(22)20-12-5-3-2-4-10(12)15(17,18)19/h2-8H,1H3,(H2,20,21,22). The molecule has 0 radical (unpaired) electrons. The molecule has 2 aromatic rings. The van der Waals surface area contributed by atoms with Crippen LogP contribution in [0.2, 0.25) is 0 Å². The Balaban J connectivity index is 2.16. The monoisotopic (exact) mass is 328 g/mol. The summed E-state index contributed by atoms with van der Waals surface area (Å²) in [7, 11) is 0. The zero-order valence-electron chi connectivity index (χ0n) is 11.5. The summed E-state index contributed by atoms with van der Waals surface area (Å²) < 4.78 is 52.3. The van der Waals surface area contributed by atoms with Crippen LogP contribution < -0.4 is 10.6 Å². The number of hydrogen-bond acceptors (Lipinski definition) is 1. The zero-order valence-corrected chi connectivity index (χ0v) is 12.3.